The fraction of sp³-hybridized carbons (Fsp3) is 0.231. The Morgan fingerprint density at radius 3 is 2.90 bits per heavy atom. The number of carbonyl (C=O) groups is 1. The second-order valence-electron chi connectivity index (χ2n) is 4.13. The Balaban J connectivity index is 2.19. The number of esters is 1. The van der Waals surface area contributed by atoms with Crippen molar-refractivity contribution >= 4 is 22.6 Å². The average Bonchev–Trinajstić information content (AvgIpc) is 2.91. The van der Waals surface area contributed by atoms with E-state index in [1.54, 1.807) is 19.1 Å². The van der Waals surface area contributed by atoms with Crippen molar-refractivity contribution in [3.05, 3.63) is 23.9 Å². The van der Waals surface area contributed by atoms with Gasteiger partial charge in [0.05, 0.1) is 17.8 Å². The molecule has 0 amide bonds. The van der Waals surface area contributed by atoms with E-state index in [1.807, 2.05) is 0 Å². The number of benzene rings is 1. The lowest BCUT2D eigenvalue weighted by molar-refractivity contribution is 0.0527. The molecule has 3 N–H and O–H groups in total. The number of hydrogen-bond donors (Lipinski definition) is 2. The summed E-state index contributed by atoms with van der Waals surface area (Å²) in [6.45, 7) is 2.18. The first-order valence-corrected chi connectivity index (χ1v) is 6.10. The number of aromatic nitrogens is 1. The molecule has 2 heterocycles. The van der Waals surface area contributed by atoms with Crippen molar-refractivity contribution in [1.29, 1.82) is 0 Å². The number of ether oxygens (including phenoxy) is 3. The van der Waals surface area contributed by atoms with Crippen LogP contribution in [0.2, 0.25) is 0 Å². The number of nitrogen functional groups attached to an aromatic ring is 1. The first kappa shape index (κ1) is 12.5. The topological polar surface area (TPSA) is 95.7 Å². The molecule has 1 aliphatic rings. The molecular formula is C13H13N3O4. The fourth-order valence-corrected chi connectivity index (χ4v) is 2.10. The summed E-state index contributed by atoms with van der Waals surface area (Å²) >= 11 is 0. The van der Waals surface area contributed by atoms with Crippen LogP contribution in [0.5, 0.6) is 11.5 Å². The van der Waals surface area contributed by atoms with Gasteiger partial charge >= 0.3 is 5.97 Å². The Morgan fingerprint density at radius 1 is 1.45 bits per heavy atom. The highest BCUT2D eigenvalue weighted by Crippen LogP contribution is 2.38. The standard InChI is InChI=1S/C13H13N3O4/c1-2-18-13(17)8-5-15-9-4-11-10(19-6-20-11)3-7(9)12(8)16-14/h3-5H,2,6,14H2,1H3,(H,15,16). The molecule has 1 aliphatic heterocycles. The first-order chi connectivity index (χ1) is 9.74. The Bertz CT molecular complexity index is 687. The molecule has 0 saturated carbocycles. The zero-order valence-corrected chi connectivity index (χ0v) is 10.8. The largest absolute Gasteiger partial charge is 0.462 e. The Morgan fingerprint density at radius 2 is 2.20 bits per heavy atom. The molecule has 0 aliphatic carbocycles. The summed E-state index contributed by atoms with van der Waals surface area (Å²) in [6, 6.07) is 3.48. The van der Waals surface area contributed by atoms with E-state index < -0.39 is 5.97 Å². The van der Waals surface area contributed by atoms with Crippen molar-refractivity contribution in [3.8, 4) is 11.5 Å². The van der Waals surface area contributed by atoms with Gasteiger partial charge in [-0.15, -0.1) is 0 Å². The Hall–Kier alpha value is -2.54. The van der Waals surface area contributed by atoms with E-state index in [-0.39, 0.29) is 19.0 Å². The summed E-state index contributed by atoms with van der Waals surface area (Å²) in [6.07, 6.45) is 1.43. The van der Waals surface area contributed by atoms with Crippen LogP contribution in [0, 0.1) is 0 Å². The Kier molecular flexibility index (Phi) is 3.03. The van der Waals surface area contributed by atoms with Crippen LogP contribution in [-0.4, -0.2) is 24.4 Å². The number of fused-ring (bicyclic) bond motifs is 2. The van der Waals surface area contributed by atoms with Crippen LogP contribution in [0.25, 0.3) is 10.9 Å². The minimum atomic E-state index is -0.479. The summed E-state index contributed by atoms with van der Waals surface area (Å²) in [5.74, 6) is 6.28. The molecule has 0 fully saturated rings. The maximum absolute atomic E-state index is 11.9. The van der Waals surface area contributed by atoms with Gasteiger partial charge in [0, 0.05) is 17.6 Å². The predicted molar refractivity (Wildman–Crippen MR) is 71.6 cm³/mol. The van der Waals surface area contributed by atoms with E-state index in [0.717, 1.165) is 0 Å². The van der Waals surface area contributed by atoms with Crippen molar-refractivity contribution in [2.75, 3.05) is 18.8 Å². The number of nitrogens with two attached hydrogens (primary N) is 1. The predicted octanol–water partition coefficient (Wildman–Crippen LogP) is 1.43. The van der Waals surface area contributed by atoms with Gasteiger partial charge in [0.2, 0.25) is 6.79 Å². The number of hydrogen-bond acceptors (Lipinski definition) is 7. The second-order valence-corrected chi connectivity index (χ2v) is 4.13. The molecule has 0 bridgehead atoms. The normalized spacial score (nSPS) is 12.5. The number of pyridine rings is 1. The van der Waals surface area contributed by atoms with Gasteiger partial charge in [-0.3, -0.25) is 10.8 Å². The first-order valence-electron chi connectivity index (χ1n) is 6.10. The lowest BCUT2D eigenvalue weighted by Gasteiger charge is -2.11. The maximum Gasteiger partial charge on any atom is 0.341 e. The number of nitrogens with zero attached hydrogens (tertiary/aromatic N) is 1. The third-order valence-electron chi connectivity index (χ3n) is 3.00. The van der Waals surface area contributed by atoms with Crippen molar-refractivity contribution in [1.82, 2.24) is 4.98 Å². The molecule has 104 valence electrons. The van der Waals surface area contributed by atoms with Crippen molar-refractivity contribution in [3.63, 3.8) is 0 Å². The summed E-state index contributed by atoms with van der Waals surface area (Å²) in [5, 5.41) is 0.669. The third-order valence-corrected chi connectivity index (χ3v) is 3.00. The van der Waals surface area contributed by atoms with E-state index in [4.69, 9.17) is 20.1 Å². The second kappa shape index (κ2) is 4.86. The van der Waals surface area contributed by atoms with Gasteiger partial charge in [-0.2, -0.15) is 0 Å². The van der Waals surface area contributed by atoms with Gasteiger partial charge in [-0.1, -0.05) is 0 Å². The molecule has 2 aromatic rings. The smallest absolute Gasteiger partial charge is 0.341 e. The minimum Gasteiger partial charge on any atom is -0.462 e. The lowest BCUT2D eigenvalue weighted by atomic mass is 10.1. The van der Waals surface area contributed by atoms with Crippen molar-refractivity contribution < 1.29 is 19.0 Å². The van der Waals surface area contributed by atoms with Gasteiger partial charge in [0.15, 0.2) is 11.5 Å². The molecule has 20 heavy (non-hydrogen) atoms. The molecule has 0 unspecified atom stereocenters. The highest BCUT2D eigenvalue weighted by molar-refractivity contribution is 6.05. The number of rotatable bonds is 3. The molecule has 7 heteroatoms. The third kappa shape index (κ3) is 1.88. The molecule has 0 radical (unpaired) electrons. The molecule has 1 aromatic heterocycles. The Labute approximate surface area is 114 Å². The fourth-order valence-electron chi connectivity index (χ4n) is 2.10. The number of carbonyl (C=O) groups excluding carboxylic acids is 1. The van der Waals surface area contributed by atoms with Crippen molar-refractivity contribution in [2.24, 2.45) is 5.84 Å². The zero-order chi connectivity index (χ0) is 14.1. The summed E-state index contributed by atoms with van der Waals surface area (Å²) in [7, 11) is 0. The molecular weight excluding hydrogens is 262 g/mol. The molecule has 3 rings (SSSR count). The van der Waals surface area contributed by atoms with Crippen LogP contribution in [0.3, 0.4) is 0 Å². The van der Waals surface area contributed by atoms with Gasteiger partial charge in [0.25, 0.3) is 0 Å². The quantitative estimate of drug-likeness (QED) is 0.497. The lowest BCUT2D eigenvalue weighted by Crippen LogP contribution is -2.14. The average molecular weight is 275 g/mol. The van der Waals surface area contributed by atoms with E-state index in [2.05, 4.69) is 10.4 Å². The van der Waals surface area contributed by atoms with Gasteiger partial charge < -0.3 is 19.6 Å². The summed E-state index contributed by atoms with van der Waals surface area (Å²) in [5.41, 5.74) is 3.91. The molecule has 0 spiro atoms. The highest BCUT2D eigenvalue weighted by Gasteiger charge is 2.20. The zero-order valence-electron chi connectivity index (χ0n) is 10.8. The molecule has 0 saturated heterocycles. The van der Waals surface area contributed by atoms with E-state index in [9.17, 15) is 4.79 Å². The number of nitrogens with one attached hydrogen (secondary N) is 1. The van der Waals surface area contributed by atoms with E-state index in [0.29, 0.717) is 28.1 Å². The van der Waals surface area contributed by atoms with E-state index >= 15 is 0 Å². The van der Waals surface area contributed by atoms with Crippen LogP contribution in [0.1, 0.15) is 17.3 Å². The van der Waals surface area contributed by atoms with Crippen LogP contribution in [-0.2, 0) is 4.74 Å². The summed E-state index contributed by atoms with van der Waals surface area (Å²) < 4.78 is 15.6. The maximum atomic E-state index is 11.9. The number of anilines is 1. The van der Waals surface area contributed by atoms with Crippen LogP contribution in [0.4, 0.5) is 5.69 Å². The minimum absolute atomic E-state index is 0.168. The highest BCUT2D eigenvalue weighted by atomic mass is 16.7. The van der Waals surface area contributed by atoms with Crippen LogP contribution < -0.4 is 20.7 Å². The van der Waals surface area contributed by atoms with Gasteiger partial charge in [-0.25, -0.2) is 4.79 Å². The molecule has 7 nitrogen and oxygen atoms in total. The van der Waals surface area contributed by atoms with Crippen LogP contribution >= 0.6 is 0 Å². The van der Waals surface area contributed by atoms with Gasteiger partial charge in [0.1, 0.15) is 5.56 Å². The van der Waals surface area contributed by atoms with E-state index in [1.165, 1.54) is 6.20 Å². The molecule has 1 aromatic carbocycles. The van der Waals surface area contributed by atoms with Gasteiger partial charge in [-0.05, 0) is 13.0 Å². The SMILES string of the molecule is CCOC(=O)c1cnc2cc3c(cc2c1NN)OCO3. The van der Waals surface area contributed by atoms with Crippen LogP contribution in [0.15, 0.2) is 18.3 Å². The molecule has 0 atom stereocenters. The summed E-state index contributed by atoms with van der Waals surface area (Å²) in [4.78, 5) is 16.1. The number of hydrazine groups is 1. The monoisotopic (exact) mass is 275 g/mol. The van der Waals surface area contributed by atoms with Crippen molar-refractivity contribution in [2.45, 2.75) is 6.92 Å².